The summed E-state index contributed by atoms with van der Waals surface area (Å²) in [6.45, 7) is 4.47. The fourth-order valence-electron chi connectivity index (χ4n) is 4.89. The number of esters is 1. The van der Waals surface area contributed by atoms with E-state index in [1.807, 2.05) is 13.0 Å². The van der Waals surface area contributed by atoms with Gasteiger partial charge in [0, 0.05) is 18.8 Å². The molecular weight excluding hydrogens is 352 g/mol. The minimum atomic E-state index is -0.367. The zero-order valence-electron chi connectivity index (χ0n) is 18.0. The molecule has 2 aliphatic rings. The van der Waals surface area contributed by atoms with Crippen molar-refractivity contribution < 1.29 is 19.4 Å². The fourth-order valence-corrected chi connectivity index (χ4v) is 4.89. The molecule has 0 amide bonds. The number of carbonyl (C=O) groups is 2. The Kier molecular flexibility index (Phi) is 9.70. The first-order valence-corrected chi connectivity index (χ1v) is 11.6. The van der Waals surface area contributed by atoms with Gasteiger partial charge in [-0.15, -0.1) is 0 Å². The van der Waals surface area contributed by atoms with Gasteiger partial charge in [-0.3, -0.25) is 9.59 Å². The lowest BCUT2D eigenvalue weighted by atomic mass is 9.62. The monoisotopic (exact) mass is 392 g/mol. The molecule has 2 aliphatic carbocycles. The first kappa shape index (κ1) is 23.1. The number of hydrogen-bond donors (Lipinski definition) is 1. The van der Waals surface area contributed by atoms with Crippen LogP contribution in [0.5, 0.6) is 0 Å². The number of ether oxygens (including phenoxy) is 1. The summed E-state index contributed by atoms with van der Waals surface area (Å²) in [5.41, 5.74) is 0.0950. The molecule has 1 N–H and O–H groups in total. The number of allylic oxidation sites excluding steroid dienone is 1. The predicted molar refractivity (Wildman–Crippen MR) is 112 cm³/mol. The van der Waals surface area contributed by atoms with E-state index in [1.165, 1.54) is 19.3 Å². The van der Waals surface area contributed by atoms with E-state index in [4.69, 9.17) is 4.74 Å². The Balaban J connectivity index is 1.77. The van der Waals surface area contributed by atoms with E-state index in [1.54, 1.807) is 0 Å². The molecule has 0 heterocycles. The van der Waals surface area contributed by atoms with Crippen LogP contribution in [-0.2, 0) is 14.3 Å². The number of Topliss-reactive ketones (excluding diaryl/α,β-unsaturated/α-hetero) is 1. The summed E-state index contributed by atoms with van der Waals surface area (Å²) in [6.07, 6.45) is 16.5. The summed E-state index contributed by atoms with van der Waals surface area (Å²) in [4.78, 5) is 23.7. The van der Waals surface area contributed by atoms with Gasteiger partial charge in [-0.25, -0.2) is 0 Å². The van der Waals surface area contributed by atoms with Gasteiger partial charge in [-0.1, -0.05) is 51.2 Å². The molecule has 0 spiro atoms. The Hall–Kier alpha value is -1.16. The van der Waals surface area contributed by atoms with Gasteiger partial charge in [0.1, 0.15) is 5.78 Å². The van der Waals surface area contributed by atoms with E-state index in [0.29, 0.717) is 25.2 Å². The lowest BCUT2D eigenvalue weighted by molar-refractivity contribution is -0.143. The molecule has 2 saturated carbocycles. The van der Waals surface area contributed by atoms with Crippen LogP contribution in [0, 0.1) is 17.3 Å². The van der Waals surface area contributed by atoms with E-state index >= 15 is 0 Å². The summed E-state index contributed by atoms with van der Waals surface area (Å²) in [6, 6.07) is 0. The van der Waals surface area contributed by atoms with Gasteiger partial charge < -0.3 is 9.84 Å². The SMILES string of the molecule is CCCCC1([C@H](O)/C=C/C2CCC(=O)[C@@H]2CCCCCC(=O)OCC)CCC1. The summed E-state index contributed by atoms with van der Waals surface area (Å²) < 4.78 is 4.95. The van der Waals surface area contributed by atoms with Crippen LogP contribution in [-0.4, -0.2) is 29.6 Å². The molecule has 2 fully saturated rings. The normalized spacial score (nSPS) is 25.0. The molecule has 28 heavy (non-hydrogen) atoms. The number of aliphatic hydroxyl groups excluding tert-OH is 1. The van der Waals surface area contributed by atoms with Crippen molar-refractivity contribution in [2.24, 2.45) is 17.3 Å². The van der Waals surface area contributed by atoms with Crippen LogP contribution in [0.2, 0.25) is 0 Å². The Morgan fingerprint density at radius 3 is 2.68 bits per heavy atom. The maximum atomic E-state index is 12.3. The van der Waals surface area contributed by atoms with Crippen LogP contribution in [0.15, 0.2) is 12.2 Å². The van der Waals surface area contributed by atoms with E-state index in [9.17, 15) is 14.7 Å². The van der Waals surface area contributed by atoms with Crippen LogP contribution in [0.25, 0.3) is 0 Å². The van der Waals surface area contributed by atoms with Gasteiger partial charge in [-0.2, -0.15) is 0 Å². The highest BCUT2D eigenvalue weighted by Crippen LogP contribution is 2.48. The molecule has 0 aliphatic heterocycles. The zero-order chi connectivity index (χ0) is 20.4. The molecule has 0 aromatic heterocycles. The average molecular weight is 393 g/mol. The van der Waals surface area contributed by atoms with Crippen molar-refractivity contribution in [2.45, 2.75) is 103 Å². The average Bonchev–Trinajstić information content (AvgIpc) is 2.99. The van der Waals surface area contributed by atoms with Crippen LogP contribution in [0.3, 0.4) is 0 Å². The summed E-state index contributed by atoms with van der Waals surface area (Å²) in [5, 5.41) is 10.8. The van der Waals surface area contributed by atoms with E-state index < -0.39 is 0 Å². The van der Waals surface area contributed by atoms with Crippen molar-refractivity contribution in [3.05, 3.63) is 12.2 Å². The number of rotatable bonds is 13. The first-order valence-electron chi connectivity index (χ1n) is 11.6. The van der Waals surface area contributed by atoms with Crippen molar-refractivity contribution in [3.63, 3.8) is 0 Å². The Bertz CT molecular complexity index is 521. The molecule has 4 heteroatoms. The third kappa shape index (κ3) is 6.43. The van der Waals surface area contributed by atoms with Crippen molar-refractivity contribution in [3.8, 4) is 0 Å². The van der Waals surface area contributed by atoms with E-state index in [2.05, 4.69) is 13.0 Å². The Morgan fingerprint density at radius 1 is 1.25 bits per heavy atom. The molecule has 0 radical (unpaired) electrons. The highest BCUT2D eigenvalue weighted by molar-refractivity contribution is 5.83. The van der Waals surface area contributed by atoms with Crippen molar-refractivity contribution in [2.75, 3.05) is 6.61 Å². The molecule has 0 aromatic carbocycles. The van der Waals surface area contributed by atoms with Crippen molar-refractivity contribution in [1.29, 1.82) is 0 Å². The minimum absolute atomic E-state index is 0.0950. The van der Waals surface area contributed by atoms with Crippen molar-refractivity contribution in [1.82, 2.24) is 0 Å². The number of unbranched alkanes of at least 4 members (excludes halogenated alkanes) is 3. The topological polar surface area (TPSA) is 63.6 Å². The maximum Gasteiger partial charge on any atom is 0.305 e. The van der Waals surface area contributed by atoms with Crippen molar-refractivity contribution >= 4 is 11.8 Å². The van der Waals surface area contributed by atoms with E-state index in [-0.39, 0.29) is 29.3 Å². The van der Waals surface area contributed by atoms with E-state index in [0.717, 1.165) is 51.4 Å². The standard InChI is InChI=1S/C24H40O4/c1-3-5-16-24(17-9-18-24)22(26)15-13-19-12-14-21(25)20(19)10-7-6-8-11-23(27)28-4-2/h13,15,19-20,22,26H,3-12,14,16-18H2,1-2H3/b15-13+/t19?,20-,22-/m1/s1. The highest BCUT2D eigenvalue weighted by Gasteiger charge is 2.42. The largest absolute Gasteiger partial charge is 0.466 e. The summed E-state index contributed by atoms with van der Waals surface area (Å²) in [7, 11) is 0. The first-order chi connectivity index (χ1) is 13.5. The molecule has 0 aromatic rings. The summed E-state index contributed by atoms with van der Waals surface area (Å²) in [5.74, 6) is 0.621. The lowest BCUT2D eigenvalue weighted by Gasteiger charge is -2.45. The fraction of sp³-hybridized carbons (Fsp3) is 0.833. The molecule has 1 unspecified atom stereocenters. The maximum absolute atomic E-state index is 12.3. The molecule has 4 nitrogen and oxygen atoms in total. The van der Waals surface area contributed by atoms with Crippen LogP contribution in [0.4, 0.5) is 0 Å². The van der Waals surface area contributed by atoms with Gasteiger partial charge >= 0.3 is 5.97 Å². The molecule has 2 rings (SSSR count). The highest BCUT2D eigenvalue weighted by atomic mass is 16.5. The number of aliphatic hydroxyl groups is 1. The molecule has 160 valence electrons. The number of hydrogen-bond acceptors (Lipinski definition) is 4. The van der Waals surface area contributed by atoms with Crippen LogP contribution in [0.1, 0.15) is 97.3 Å². The quantitative estimate of drug-likeness (QED) is 0.260. The number of carbonyl (C=O) groups excluding carboxylic acids is 2. The second-order valence-corrected chi connectivity index (χ2v) is 8.83. The zero-order valence-corrected chi connectivity index (χ0v) is 18.0. The number of ketones is 1. The molecule has 0 saturated heterocycles. The smallest absolute Gasteiger partial charge is 0.305 e. The van der Waals surface area contributed by atoms with Crippen LogP contribution >= 0.6 is 0 Å². The van der Waals surface area contributed by atoms with Gasteiger partial charge in [0.15, 0.2) is 0 Å². The third-order valence-corrected chi connectivity index (χ3v) is 6.90. The molecule has 0 bridgehead atoms. The minimum Gasteiger partial charge on any atom is -0.466 e. The molecule has 3 atom stereocenters. The lowest BCUT2D eigenvalue weighted by Crippen LogP contribution is -2.40. The van der Waals surface area contributed by atoms with Gasteiger partial charge in [0.05, 0.1) is 12.7 Å². The van der Waals surface area contributed by atoms with Crippen LogP contribution < -0.4 is 0 Å². The summed E-state index contributed by atoms with van der Waals surface area (Å²) >= 11 is 0. The second-order valence-electron chi connectivity index (χ2n) is 8.83. The Labute approximate surface area is 171 Å². The van der Waals surface area contributed by atoms with Gasteiger partial charge in [0.2, 0.25) is 0 Å². The predicted octanol–water partition coefficient (Wildman–Crippen LogP) is 5.37. The third-order valence-electron chi connectivity index (χ3n) is 6.90. The van der Waals surface area contributed by atoms with Gasteiger partial charge in [0.25, 0.3) is 0 Å². The Morgan fingerprint density at radius 2 is 2.04 bits per heavy atom. The second kappa shape index (κ2) is 11.7. The van der Waals surface area contributed by atoms with Gasteiger partial charge in [-0.05, 0) is 56.8 Å². The molecular formula is C24H40O4.